The summed E-state index contributed by atoms with van der Waals surface area (Å²) in [6.45, 7) is 3.95. The van der Waals surface area contributed by atoms with Gasteiger partial charge in [-0.15, -0.1) is 11.3 Å². The van der Waals surface area contributed by atoms with E-state index in [-0.39, 0.29) is 29.4 Å². The predicted molar refractivity (Wildman–Crippen MR) is 139 cm³/mol. The summed E-state index contributed by atoms with van der Waals surface area (Å²) >= 11 is 2.83. The zero-order chi connectivity index (χ0) is 24.7. The van der Waals surface area contributed by atoms with Crippen LogP contribution in [0.1, 0.15) is 17.5 Å². The lowest BCUT2D eigenvalue weighted by Gasteiger charge is -2.23. The number of thiazole rings is 1. The number of aromatic nitrogens is 1. The fourth-order valence-corrected chi connectivity index (χ4v) is 6.88. The molecule has 9 heteroatoms. The first-order chi connectivity index (χ1) is 16.8. The first-order valence-electron chi connectivity index (χ1n) is 11.4. The van der Waals surface area contributed by atoms with Crippen LogP contribution in [0.2, 0.25) is 0 Å². The molecule has 7 nitrogen and oxygen atoms in total. The molecular formula is C26H25N3O4S2. The van der Waals surface area contributed by atoms with Crippen LogP contribution in [0.25, 0.3) is 10.2 Å². The van der Waals surface area contributed by atoms with Crippen LogP contribution in [0.4, 0.5) is 11.4 Å². The lowest BCUT2D eigenvalue weighted by molar-refractivity contribution is -0.146. The average Bonchev–Trinajstić information content (AvgIpc) is 3.54. The highest BCUT2D eigenvalue weighted by molar-refractivity contribution is 8.01. The Morgan fingerprint density at radius 3 is 2.60 bits per heavy atom. The number of thioether (sulfide) groups is 1. The smallest absolute Gasteiger partial charge is 0.307 e. The van der Waals surface area contributed by atoms with Crippen molar-refractivity contribution >= 4 is 62.5 Å². The van der Waals surface area contributed by atoms with Gasteiger partial charge in [-0.3, -0.25) is 14.4 Å². The van der Waals surface area contributed by atoms with Gasteiger partial charge in [0, 0.05) is 11.4 Å². The number of carboxylic acid groups (broad SMARTS) is 1. The Morgan fingerprint density at radius 2 is 1.83 bits per heavy atom. The Balaban J connectivity index is 1.23. The number of nitrogens with one attached hydrogen (secondary N) is 2. The fourth-order valence-electron chi connectivity index (χ4n) is 4.97. The van der Waals surface area contributed by atoms with Crippen LogP contribution < -0.4 is 10.6 Å². The van der Waals surface area contributed by atoms with Crippen molar-refractivity contribution in [3.8, 4) is 0 Å². The number of aliphatic carboxylic acids is 1. The second kappa shape index (κ2) is 9.47. The summed E-state index contributed by atoms with van der Waals surface area (Å²) in [5, 5.41) is 15.5. The van der Waals surface area contributed by atoms with Gasteiger partial charge < -0.3 is 15.7 Å². The SMILES string of the molecule is Cc1ccc(C)c(NC(=O)CSc2nc3ccc(NC(=O)[C@H]4[C@H](C(=O)O)[C@H]5C=C[C@H]4C5)cc3s2)c1. The van der Waals surface area contributed by atoms with Crippen molar-refractivity contribution in [2.24, 2.45) is 23.7 Å². The second-order valence-electron chi connectivity index (χ2n) is 9.14. The number of nitrogens with zero attached hydrogens (tertiary/aromatic N) is 1. The van der Waals surface area contributed by atoms with Gasteiger partial charge >= 0.3 is 5.97 Å². The summed E-state index contributed by atoms with van der Waals surface area (Å²) in [5.74, 6) is -2.33. The molecule has 2 aliphatic carbocycles. The lowest BCUT2D eigenvalue weighted by Crippen LogP contribution is -2.36. The van der Waals surface area contributed by atoms with E-state index in [4.69, 9.17) is 0 Å². The van der Waals surface area contributed by atoms with Crippen molar-refractivity contribution in [1.82, 2.24) is 4.98 Å². The second-order valence-corrected chi connectivity index (χ2v) is 11.4. The van der Waals surface area contributed by atoms with Gasteiger partial charge in [0.25, 0.3) is 0 Å². The molecule has 180 valence electrons. The molecule has 5 rings (SSSR count). The van der Waals surface area contributed by atoms with E-state index in [2.05, 4.69) is 15.6 Å². The maximum atomic E-state index is 13.0. The summed E-state index contributed by atoms with van der Waals surface area (Å²) in [4.78, 5) is 41.7. The number of anilines is 2. The number of carboxylic acids is 1. The zero-order valence-electron chi connectivity index (χ0n) is 19.3. The molecular weight excluding hydrogens is 482 g/mol. The van der Waals surface area contributed by atoms with Crippen LogP contribution in [-0.4, -0.2) is 33.6 Å². The average molecular weight is 508 g/mol. The molecule has 2 amide bonds. The molecule has 0 unspecified atom stereocenters. The van der Waals surface area contributed by atoms with E-state index in [0.717, 1.165) is 37.8 Å². The molecule has 0 spiro atoms. The molecule has 2 aliphatic rings. The molecule has 0 radical (unpaired) electrons. The highest BCUT2D eigenvalue weighted by Gasteiger charge is 2.51. The Hall–Kier alpha value is -3.17. The molecule has 2 bridgehead atoms. The normalized spacial score (nSPS) is 22.5. The molecule has 4 atom stereocenters. The van der Waals surface area contributed by atoms with Gasteiger partial charge in [-0.05, 0) is 67.5 Å². The first-order valence-corrected chi connectivity index (χ1v) is 13.2. The van der Waals surface area contributed by atoms with Crippen LogP contribution in [-0.2, 0) is 14.4 Å². The van der Waals surface area contributed by atoms with E-state index in [1.54, 1.807) is 6.07 Å². The number of rotatable bonds is 7. The maximum Gasteiger partial charge on any atom is 0.307 e. The number of hydrogen-bond acceptors (Lipinski definition) is 6. The van der Waals surface area contributed by atoms with Crippen molar-refractivity contribution in [1.29, 1.82) is 0 Å². The minimum absolute atomic E-state index is 0.0222. The van der Waals surface area contributed by atoms with Crippen molar-refractivity contribution in [3.63, 3.8) is 0 Å². The lowest BCUT2D eigenvalue weighted by atomic mass is 9.82. The number of aryl methyl sites for hydroxylation is 2. The summed E-state index contributed by atoms with van der Waals surface area (Å²) in [5.41, 5.74) is 4.32. The van der Waals surface area contributed by atoms with Gasteiger partial charge in [0.15, 0.2) is 4.34 Å². The van der Waals surface area contributed by atoms with E-state index in [1.807, 2.05) is 56.3 Å². The summed E-state index contributed by atoms with van der Waals surface area (Å²) in [6.07, 6.45) is 4.62. The largest absolute Gasteiger partial charge is 0.481 e. The van der Waals surface area contributed by atoms with Crippen LogP contribution in [0, 0.1) is 37.5 Å². The maximum absolute atomic E-state index is 13.0. The molecule has 3 N–H and O–H groups in total. The van der Waals surface area contributed by atoms with E-state index in [0.29, 0.717) is 5.69 Å². The third-order valence-corrected chi connectivity index (χ3v) is 8.84. The van der Waals surface area contributed by atoms with E-state index >= 15 is 0 Å². The molecule has 0 saturated heterocycles. The zero-order valence-corrected chi connectivity index (χ0v) is 20.9. The number of fused-ring (bicyclic) bond motifs is 3. The Bertz CT molecular complexity index is 1370. The van der Waals surface area contributed by atoms with Gasteiger partial charge in [-0.1, -0.05) is 36.0 Å². The minimum atomic E-state index is -0.914. The van der Waals surface area contributed by atoms with Gasteiger partial charge in [0.2, 0.25) is 11.8 Å². The third-order valence-electron chi connectivity index (χ3n) is 6.68. The van der Waals surface area contributed by atoms with Crippen molar-refractivity contribution in [2.45, 2.75) is 24.6 Å². The van der Waals surface area contributed by atoms with Crippen molar-refractivity contribution in [2.75, 3.05) is 16.4 Å². The Labute approximate surface area is 211 Å². The minimum Gasteiger partial charge on any atom is -0.481 e. The molecule has 1 fully saturated rings. The van der Waals surface area contributed by atoms with E-state index < -0.39 is 17.8 Å². The monoisotopic (exact) mass is 507 g/mol. The van der Waals surface area contributed by atoms with Crippen LogP contribution >= 0.6 is 23.1 Å². The molecule has 0 aliphatic heterocycles. The van der Waals surface area contributed by atoms with Crippen molar-refractivity contribution in [3.05, 3.63) is 59.7 Å². The van der Waals surface area contributed by atoms with Gasteiger partial charge in [-0.25, -0.2) is 4.98 Å². The number of hydrogen-bond donors (Lipinski definition) is 3. The summed E-state index contributed by atoms with van der Waals surface area (Å²) < 4.78 is 1.66. The highest BCUT2D eigenvalue weighted by atomic mass is 32.2. The summed E-state index contributed by atoms with van der Waals surface area (Å²) in [6, 6.07) is 11.4. The Kier molecular flexibility index (Phi) is 6.37. The van der Waals surface area contributed by atoms with Gasteiger partial charge in [-0.2, -0.15) is 0 Å². The quantitative estimate of drug-likeness (QED) is 0.303. The number of benzene rings is 2. The Morgan fingerprint density at radius 1 is 1.06 bits per heavy atom. The third kappa shape index (κ3) is 4.83. The summed E-state index contributed by atoms with van der Waals surface area (Å²) in [7, 11) is 0. The molecule has 3 aromatic rings. The molecule has 1 aromatic heterocycles. The molecule has 35 heavy (non-hydrogen) atoms. The standard InChI is InChI=1S/C26H25N3O4S2/c1-13-3-4-14(2)19(9-13)28-21(30)12-34-26-29-18-8-7-17(11-20(18)35-26)27-24(31)22-15-5-6-16(10-15)23(22)25(32)33/h3-9,11,15-16,22-23H,10,12H2,1-2H3,(H,27,31)(H,28,30)(H,32,33)/t15-,16-,22+,23+/m0/s1. The number of carbonyl (C=O) groups is 3. The van der Waals surface area contributed by atoms with Crippen LogP contribution in [0.5, 0.6) is 0 Å². The molecule has 1 saturated carbocycles. The number of amides is 2. The van der Waals surface area contributed by atoms with Crippen molar-refractivity contribution < 1.29 is 19.5 Å². The van der Waals surface area contributed by atoms with Crippen LogP contribution in [0.3, 0.4) is 0 Å². The number of carbonyl (C=O) groups excluding carboxylic acids is 2. The molecule has 2 aromatic carbocycles. The molecule has 1 heterocycles. The first kappa shape index (κ1) is 23.6. The van der Waals surface area contributed by atoms with Gasteiger partial charge in [0.1, 0.15) is 0 Å². The van der Waals surface area contributed by atoms with Gasteiger partial charge in [0.05, 0.1) is 27.8 Å². The van der Waals surface area contributed by atoms with E-state index in [1.165, 1.54) is 23.1 Å². The fraction of sp³-hybridized carbons (Fsp3) is 0.308. The predicted octanol–water partition coefficient (Wildman–Crippen LogP) is 5.11. The highest BCUT2D eigenvalue weighted by Crippen LogP contribution is 2.48. The van der Waals surface area contributed by atoms with E-state index in [9.17, 15) is 19.5 Å². The topological polar surface area (TPSA) is 108 Å². The van der Waals surface area contributed by atoms with Crippen LogP contribution in [0.15, 0.2) is 52.9 Å². The number of allylic oxidation sites excluding steroid dienone is 2.